The van der Waals surface area contributed by atoms with Gasteiger partial charge < -0.3 is 19.9 Å². The molecule has 0 fully saturated rings. The molecule has 0 saturated heterocycles. The molecule has 1 atom stereocenters. The van der Waals surface area contributed by atoms with Crippen LogP contribution in [0.15, 0.2) is 48.7 Å². The van der Waals surface area contributed by atoms with Gasteiger partial charge in [0.1, 0.15) is 5.82 Å². The standard InChI is InChI=1S/C24H26N4O3/c1-24(2)21(30)18-11-15(13-25-22(18)26-23(24)31)9-10-20(29)27(3)14-17-12-16-7-5-6-8-19(16)28(17)4/h5-13,21,30H,14H2,1-4H3,(H,25,26,31)/b10-9+. The van der Waals surface area contributed by atoms with Gasteiger partial charge in [0, 0.05) is 43.1 Å². The van der Waals surface area contributed by atoms with Crippen molar-refractivity contribution in [2.45, 2.75) is 26.5 Å². The molecule has 2 N–H and O–H groups in total. The van der Waals surface area contributed by atoms with E-state index in [4.69, 9.17) is 0 Å². The summed E-state index contributed by atoms with van der Waals surface area (Å²) in [6.07, 6.45) is 3.76. The smallest absolute Gasteiger partial charge is 0.246 e. The van der Waals surface area contributed by atoms with Gasteiger partial charge in [-0.25, -0.2) is 4.98 Å². The number of fused-ring (bicyclic) bond motifs is 2. The van der Waals surface area contributed by atoms with Crippen molar-refractivity contribution in [1.82, 2.24) is 14.5 Å². The Labute approximate surface area is 181 Å². The molecule has 3 aromatic rings. The highest BCUT2D eigenvalue weighted by Crippen LogP contribution is 2.41. The number of pyridine rings is 1. The molecule has 0 spiro atoms. The maximum absolute atomic E-state index is 12.6. The highest BCUT2D eigenvalue weighted by molar-refractivity contribution is 5.98. The van der Waals surface area contributed by atoms with Crippen LogP contribution in [0.2, 0.25) is 0 Å². The van der Waals surface area contributed by atoms with Crippen molar-refractivity contribution in [2.24, 2.45) is 12.5 Å². The number of nitrogens with zero attached hydrogens (tertiary/aromatic N) is 3. The van der Waals surface area contributed by atoms with Gasteiger partial charge in [0.2, 0.25) is 11.8 Å². The van der Waals surface area contributed by atoms with E-state index in [0.29, 0.717) is 23.5 Å². The van der Waals surface area contributed by atoms with Crippen LogP contribution in [0.1, 0.15) is 36.8 Å². The molecule has 2 amide bonds. The van der Waals surface area contributed by atoms with Crippen LogP contribution in [0.5, 0.6) is 0 Å². The second-order valence-electron chi connectivity index (χ2n) is 8.57. The van der Waals surface area contributed by atoms with Crippen LogP contribution in [0, 0.1) is 5.41 Å². The Balaban J connectivity index is 1.49. The van der Waals surface area contributed by atoms with Crippen molar-refractivity contribution in [3.8, 4) is 0 Å². The Morgan fingerprint density at radius 2 is 2.06 bits per heavy atom. The number of rotatable bonds is 4. The number of carbonyl (C=O) groups is 2. The molecule has 7 nitrogen and oxygen atoms in total. The molecule has 160 valence electrons. The molecule has 1 aliphatic heterocycles. The molecule has 0 aliphatic carbocycles. The number of benzene rings is 1. The quantitative estimate of drug-likeness (QED) is 0.637. The van der Waals surface area contributed by atoms with Crippen LogP contribution >= 0.6 is 0 Å². The second kappa shape index (κ2) is 7.67. The second-order valence-corrected chi connectivity index (χ2v) is 8.57. The fraction of sp³-hybridized carbons (Fsp3) is 0.292. The number of nitrogens with one attached hydrogen (secondary N) is 1. The summed E-state index contributed by atoms with van der Waals surface area (Å²) >= 11 is 0. The number of aliphatic hydroxyl groups excluding tert-OH is 1. The van der Waals surface area contributed by atoms with Crippen molar-refractivity contribution < 1.29 is 14.7 Å². The first kappa shape index (κ1) is 20.8. The Bertz CT molecular complexity index is 1210. The first-order valence-electron chi connectivity index (χ1n) is 10.1. The molecule has 3 heterocycles. The van der Waals surface area contributed by atoms with Crippen molar-refractivity contribution in [1.29, 1.82) is 0 Å². The molecule has 31 heavy (non-hydrogen) atoms. The summed E-state index contributed by atoms with van der Waals surface area (Å²) < 4.78 is 2.09. The number of aromatic nitrogens is 2. The van der Waals surface area contributed by atoms with Crippen molar-refractivity contribution in [3.05, 3.63) is 65.5 Å². The lowest BCUT2D eigenvalue weighted by molar-refractivity contribution is -0.131. The number of carbonyl (C=O) groups excluding carboxylic acids is 2. The average Bonchev–Trinajstić information content (AvgIpc) is 3.06. The number of hydrogen-bond donors (Lipinski definition) is 2. The molecule has 7 heteroatoms. The molecule has 1 unspecified atom stereocenters. The molecule has 1 aliphatic rings. The lowest BCUT2D eigenvalue weighted by Crippen LogP contribution is -2.41. The monoisotopic (exact) mass is 418 g/mol. The van der Waals surface area contributed by atoms with Crippen LogP contribution in [-0.4, -0.2) is 38.4 Å². The Kier molecular flexibility index (Phi) is 5.15. The predicted molar refractivity (Wildman–Crippen MR) is 120 cm³/mol. The molecular formula is C24H26N4O3. The number of hydrogen-bond acceptors (Lipinski definition) is 4. The minimum absolute atomic E-state index is 0.142. The normalized spacial score (nSPS) is 17.6. The van der Waals surface area contributed by atoms with E-state index in [1.807, 2.05) is 19.2 Å². The van der Waals surface area contributed by atoms with Crippen molar-refractivity contribution >= 4 is 34.6 Å². The summed E-state index contributed by atoms with van der Waals surface area (Å²) in [4.78, 5) is 30.7. The van der Waals surface area contributed by atoms with E-state index < -0.39 is 11.5 Å². The first-order valence-corrected chi connectivity index (χ1v) is 10.1. The zero-order valence-corrected chi connectivity index (χ0v) is 18.1. The summed E-state index contributed by atoms with van der Waals surface area (Å²) in [5, 5.41) is 14.5. The zero-order valence-electron chi connectivity index (χ0n) is 18.1. The molecule has 0 bridgehead atoms. The van der Waals surface area contributed by atoms with Gasteiger partial charge in [0.15, 0.2) is 0 Å². The van der Waals surface area contributed by atoms with Crippen LogP contribution in [0.3, 0.4) is 0 Å². The summed E-state index contributed by atoms with van der Waals surface area (Å²) in [7, 11) is 3.76. The van der Waals surface area contributed by atoms with E-state index in [1.165, 1.54) is 6.08 Å². The van der Waals surface area contributed by atoms with Crippen LogP contribution in [-0.2, 0) is 23.2 Å². The summed E-state index contributed by atoms with van der Waals surface area (Å²) in [6.45, 7) is 3.85. The Morgan fingerprint density at radius 3 is 2.81 bits per heavy atom. The Morgan fingerprint density at radius 1 is 1.32 bits per heavy atom. The van der Waals surface area contributed by atoms with Gasteiger partial charge in [-0.2, -0.15) is 0 Å². The fourth-order valence-corrected chi connectivity index (χ4v) is 3.80. The van der Waals surface area contributed by atoms with Crippen LogP contribution in [0.25, 0.3) is 17.0 Å². The largest absolute Gasteiger partial charge is 0.387 e. The van der Waals surface area contributed by atoms with Gasteiger partial charge in [-0.05, 0) is 49.1 Å². The topological polar surface area (TPSA) is 87.5 Å². The molecule has 0 radical (unpaired) electrons. The lowest BCUT2D eigenvalue weighted by atomic mass is 9.79. The number of anilines is 1. The van der Waals surface area contributed by atoms with E-state index in [1.54, 1.807) is 44.1 Å². The van der Waals surface area contributed by atoms with Crippen LogP contribution in [0.4, 0.5) is 5.82 Å². The third-order valence-electron chi connectivity index (χ3n) is 5.98. The zero-order chi connectivity index (χ0) is 22.3. The van der Waals surface area contributed by atoms with E-state index in [2.05, 4.69) is 33.1 Å². The predicted octanol–water partition coefficient (Wildman–Crippen LogP) is 3.26. The number of aliphatic hydroxyl groups is 1. The SMILES string of the molecule is CN(Cc1cc2ccccc2n1C)C(=O)/C=C/c1cnc2c(c1)C(O)C(C)(C)C(=O)N2. The molecule has 1 aromatic carbocycles. The lowest BCUT2D eigenvalue weighted by Gasteiger charge is -2.34. The first-order chi connectivity index (χ1) is 14.7. The van der Waals surface area contributed by atoms with Gasteiger partial charge in [-0.1, -0.05) is 18.2 Å². The third kappa shape index (κ3) is 3.72. The van der Waals surface area contributed by atoms with Gasteiger partial charge in [0.05, 0.1) is 18.1 Å². The minimum Gasteiger partial charge on any atom is -0.387 e. The number of likely N-dealkylation sites (N-methyl/N-ethyl adjacent to an activating group) is 1. The fourth-order valence-electron chi connectivity index (χ4n) is 3.80. The number of aryl methyl sites for hydroxylation is 1. The number of amides is 2. The summed E-state index contributed by atoms with van der Waals surface area (Å²) in [6, 6.07) is 12.0. The Hall–Kier alpha value is -3.45. The van der Waals surface area contributed by atoms with Gasteiger partial charge in [0.25, 0.3) is 0 Å². The van der Waals surface area contributed by atoms with Gasteiger partial charge >= 0.3 is 0 Å². The maximum atomic E-state index is 12.6. The van der Waals surface area contributed by atoms with Gasteiger partial charge in [-0.3, -0.25) is 9.59 Å². The van der Waals surface area contributed by atoms with Crippen molar-refractivity contribution in [3.63, 3.8) is 0 Å². The van der Waals surface area contributed by atoms with E-state index in [9.17, 15) is 14.7 Å². The van der Waals surface area contributed by atoms with Gasteiger partial charge in [-0.15, -0.1) is 0 Å². The van der Waals surface area contributed by atoms with E-state index in [0.717, 1.165) is 16.6 Å². The summed E-state index contributed by atoms with van der Waals surface area (Å²) in [5.74, 6) is -0.0567. The number of para-hydroxylation sites is 1. The molecule has 0 saturated carbocycles. The van der Waals surface area contributed by atoms with E-state index >= 15 is 0 Å². The highest BCUT2D eigenvalue weighted by atomic mass is 16.3. The summed E-state index contributed by atoms with van der Waals surface area (Å²) in [5.41, 5.74) is 2.44. The molecular weight excluding hydrogens is 392 g/mol. The molecule has 4 rings (SSSR count). The molecule has 2 aromatic heterocycles. The maximum Gasteiger partial charge on any atom is 0.246 e. The minimum atomic E-state index is -0.970. The van der Waals surface area contributed by atoms with Crippen LogP contribution < -0.4 is 5.32 Å². The third-order valence-corrected chi connectivity index (χ3v) is 5.98. The van der Waals surface area contributed by atoms with Crippen molar-refractivity contribution in [2.75, 3.05) is 12.4 Å². The van der Waals surface area contributed by atoms with E-state index in [-0.39, 0.29) is 11.8 Å². The average molecular weight is 418 g/mol. The highest BCUT2D eigenvalue weighted by Gasteiger charge is 2.42.